The number of piperidine rings is 1. The Labute approximate surface area is 188 Å². The number of hydrogen-bond donors (Lipinski definition) is 2. The smallest absolute Gasteiger partial charge is 0.262 e. The maximum absolute atomic E-state index is 13.4. The molecule has 2 amide bonds. The Bertz CT molecular complexity index is 1140. The lowest BCUT2D eigenvalue weighted by molar-refractivity contribution is -0.121. The maximum atomic E-state index is 13.4. The molecule has 0 radical (unpaired) electrons. The fourth-order valence-electron chi connectivity index (χ4n) is 4.08. The van der Waals surface area contributed by atoms with Crippen molar-refractivity contribution in [3.05, 3.63) is 47.5 Å². The fourth-order valence-corrected chi connectivity index (χ4v) is 5.82. The van der Waals surface area contributed by atoms with E-state index in [1.54, 1.807) is 13.0 Å². The highest BCUT2D eigenvalue weighted by Crippen LogP contribution is 2.35. The van der Waals surface area contributed by atoms with Crippen molar-refractivity contribution in [1.29, 1.82) is 0 Å². The third-order valence-electron chi connectivity index (χ3n) is 5.91. The van der Waals surface area contributed by atoms with E-state index in [1.165, 1.54) is 15.9 Å². The molecule has 170 valence electrons. The second-order valence-electron chi connectivity index (χ2n) is 8.19. The lowest BCUT2D eigenvalue weighted by Crippen LogP contribution is -2.43. The zero-order valence-corrected chi connectivity index (χ0v) is 19.0. The van der Waals surface area contributed by atoms with Crippen LogP contribution >= 0.6 is 0 Å². The van der Waals surface area contributed by atoms with Gasteiger partial charge in [-0.15, -0.1) is 0 Å². The largest absolute Gasteiger partial charge is 0.482 e. The molecule has 4 rings (SSSR count). The van der Waals surface area contributed by atoms with E-state index in [-0.39, 0.29) is 29.9 Å². The number of hydrogen-bond acceptors (Lipinski definition) is 5. The zero-order valence-electron chi connectivity index (χ0n) is 18.2. The van der Waals surface area contributed by atoms with E-state index in [4.69, 9.17) is 4.74 Å². The molecule has 32 heavy (non-hydrogen) atoms. The van der Waals surface area contributed by atoms with E-state index in [1.807, 2.05) is 24.3 Å². The van der Waals surface area contributed by atoms with E-state index < -0.39 is 15.9 Å². The molecule has 1 unspecified atom stereocenters. The third-order valence-corrected chi connectivity index (χ3v) is 7.92. The van der Waals surface area contributed by atoms with Crippen molar-refractivity contribution < 1.29 is 22.7 Å². The predicted octanol–water partition coefficient (Wildman–Crippen LogP) is 2.93. The Morgan fingerprint density at radius 1 is 1.25 bits per heavy atom. The summed E-state index contributed by atoms with van der Waals surface area (Å²) in [6.07, 6.45) is 2.15. The van der Waals surface area contributed by atoms with Gasteiger partial charge in [0.1, 0.15) is 5.75 Å². The normalized spacial score (nSPS) is 18.9. The molecular formula is C23H27N3O5S. The van der Waals surface area contributed by atoms with Gasteiger partial charge in [-0.3, -0.25) is 9.59 Å². The Kier molecular flexibility index (Phi) is 6.21. The van der Waals surface area contributed by atoms with Crippen LogP contribution in [-0.4, -0.2) is 44.2 Å². The molecule has 0 aromatic heterocycles. The molecule has 0 aliphatic carbocycles. The molecule has 1 fully saturated rings. The SMILES string of the molecule is CCc1ccc(NC(=O)C2CCCN(S(=O)(=O)c3cc4c(cc3C)NC(=O)CO4)C2)cc1. The number of fused-ring (bicyclic) bond motifs is 1. The maximum Gasteiger partial charge on any atom is 0.262 e. The molecule has 2 N–H and O–H groups in total. The first kappa shape index (κ1) is 22.3. The molecule has 9 heteroatoms. The van der Waals surface area contributed by atoms with Gasteiger partial charge in [0.25, 0.3) is 5.91 Å². The van der Waals surface area contributed by atoms with Crippen molar-refractivity contribution >= 4 is 33.2 Å². The molecule has 2 heterocycles. The summed E-state index contributed by atoms with van der Waals surface area (Å²) >= 11 is 0. The minimum Gasteiger partial charge on any atom is -0.482 e. The van der Waals surface area contributed by atoms with Crippen molar-refractivity contribution in [1.82, 2.24) is 4.31 Å². The first-order valence-corrected chi connectivity index (χ1v) is 12.2. The standard InChI is InChI=1S/C23H27N3O5S/c1-3-16-6-8-18(9-7-16)24-23(28)17-5-4-10-26(13-17)32(29,30)21-12-20-19(11-15(21)2)25-22(27)14-31-20/h6-9,11-12,17H,3-5,10,13-14H2,1-2H3,(H,24,28)(H,25,27). The second-order valence-corrected chi connectivity index (χ2v) is 10.1. The molecule has 0 saturated carbocycles. The van der Waals surface area contributed by atoms with Crippen LogP contribution in [0.2, 0.25) is 0 Å². The highest BCUT2D eigenvalue weighted by Gasteiger charge is 2.35. The van der Waals surface area contributed by atoms with Crippen LogP contribution in [0, 0.1) is 12.8 Å². The zero-order chi connectivity index (χ0) is 22.9. The Hall–Kier alpha value is -2.91. The van der Waals surface area contributed by atoms with E-state index in [0.29, 0.717) is 42.1 Å². The monoisotopic (exact) mass is 457 g/mol. The lowest BCUT2D eigenvalue weighted by Gasteiger charge is -2.32. The van der Waals surface area contributed by atoms with Gasteiger partial charge in [0.2, 0.25) is 15.9 Å². The quantitative estimate of drug-likeness (QED) is 0.718. The van der Waals surface area contributed by atoms with Crippen LogP contribution in [0.3, 0.4) is 0 Å². The van der Waals surface area contributed by atoms with Crippen LogP contribution in [0.4, 0.5) is 11.4 Å². The third kappa shape index (κ3) is 4.49. The summed E-state index contributed by atoms with van der Waals surface area (Å²) in [6, 6.07) is 10.7. The number of carbonyl (C=O) groups excluding carboxylic acids is 2. The van der Waals surface area contributed by atoms with Crippen LogP contribution in [-0.2, 0) is 26.0 Å². The van der Waals surface area contributed by atoms with Gasteiger partial charge < -0.3 is 15.4 Å². The molecule has 2 aromatic rings. The number of carbonyl (C=O) groups is 2. The minimum absolute atomic E-state index is 0.120. The summed E-state index contributed by atoms with van der Waals surface area (Å²) in [4.78, 5) is 24.5. The molecule has 2 aromatic carbocycles. The van der Waals surface area contributed by atoms with Crippen LogP contribution in [0.5, 0.6) is 5.75 Å². The number of sulfonamides is 1. The second kappa shape index (κ2) is 8.91. The summed E-state index contributed by atoms with van der Waals surface area (Å²) in [5.41, 5.74) is 2.86. The van der Waals surface area contributed by atoms with Crippen LogP contribution < -0.4 is 15.4 Å². The van der Waals surface area contributed by atoms with E-state index in [0.717, 1.165) is 6.42 Å². The van der Waals surface area contributed by atoms with E-state index in [9.17, 15) is 18.0 Å². The van der Waals surface area contributed by atoms with Gasteiger partial charge in [-0.25, -0.2) is 8.42 Å². The van der Waals surface area contributed by atoms with Crippen molar-refractivity contribution in [2.24, 2.45) is 5.92 Å². The van der Waals surface area contributed by atoms with Crippen molar-refractivity contribution in [3.63, 3.8) is 0 Å². The van der Waals surface area contributed by atoms with Gasteiger partial charge >= 0.3 is 0 Å². The molecule has 0 bridgehead atoms. The number of amides is 2. The Morgan fingerprint density at radius 3 is 2.72 bits per heavy atom. The van der Waals surface area contributed by atoms with Gasteiger partial charge in [0.05, 0.1) is 16.5 Å². The highest BCUT2D eigenvalue weighted by molar-refractivity contribution is 7.89. The first-order valence-electron chi connectivity index (χ1n) is 10.7. The first-order chi connectivity index (χ1) is 15.3. The lowest BCUT2D eigenvalue weighted by atomic mass is 9.98. The van der Waals surface area contributed by atoms with Gasteiger partial charge in [-0.2, -0.15) is 4.31 Å². The summed E-state index contributed by atoms with van der Waals surface area (Å²) in [6.45, 7) is 4.07. The van der Waals surface area contributed by atoms with E-state index in [2.05, 4.69) is 17.6 Å². The number of rotatable bonds is 5. The van der Waals surface area contributed by atoms with Crippen LogP contribution in [0.1, 0.15) is 30.9 Å². The van der Waals surface area contributed by atoms with Gasteiger partial charge in [0.15, 0.2) is 6.61 Å². The molecule has 2 aliphatic heterocycles. The average molecular weight is 458 g/mol. The fraction of sp³-hybridized carbons (Fsp3) is 0.391. The number of nitrogens with zero attached hydrogens (tertiary/aromatic N) is 1. The number of ether oxygens (including phenoxy) is 1. The van der Waals surface area contributed by atoms with Crippen molar-refractivity contribution in [2.75, 3.05) is 30.3 Å². The number of benzene rings is 2. The molecule has 2 aliphatic rings. The van der Waals surface area contributed by atoms with E-state index >= 15 is 0 Å². The van der Waals surface area contributed by atoms with Gasteiger partial charge in [-0.1, -0.05) is 19.1 Å². The number of aryl methyl sites for hydroxylation is 2. The molecule has 8 nitrogen and oxygen atoms in total. The number of anilines is 2. The van der Waals surface area contributed by atoms with Gasteiger partial charge in [0, 0.05) is 24.8 Å². The van der Waals surface area contributed by atoms with Crippen molar-refractivity contribution in [3.8, 4) is 5.75 Å². The van der Waals surface area contributed by atoms with Crippen molar-refractivity contribution in [2.45, 2.75) is 38.0 Å². The average Bonchev–Trinajstić information content (AvgIpc) is 2.79. The molecule has 1 saturated heterocycles. The summed E-state index contributed by atoms with van der Waals surface area (Å²) in [5.74, 6) is -0.558. The molecule has 1 atom stereocenters. The summed E-state index contributed by atoms with van der Waals surface area (Å²) < 4.78 is 33.6. The predicted molar refractivity (Wildman–Crippen MR) is 121 cm³/mol. The van der Waals surface area contributed by atoms with Crippen LogP contribution in [0.15, 0.2) is 41.3 Å². The van der Waals surface area contributed by atoms with Crippen LogP contribution in [0.25, 0.3) is 0 Å². The Morgan fingerprint density at radius 2 is 2.00 bits per heavy atom. The number of nitrogens with one attached hydrogen (secondary N) is 2. The highest BCUT2D eigenvalue weighted by atomic mass is 32.2. The van der Waals surface area contributed by atoms with Gasteiger partial charge in [-0.05, 0) is 55.5 Å². The topological polar surface area (TPSA) is 105 Å². The summed E-state index contributed by atoms with van der Waals surface area (Å²) in [7, 11) is -3.83. The minimum atomic E-state index is -3.83. The summed E-state index contributed by atoms with van der Waals surface area (Å²) in [5, 5.41) is 5.60. The molecule has 0 spiro atoms. The Balaban J connectivity index is 1.51. The molecular weight excluding hydrogens is 430 g/mol.